The molecule has 0 fully saturated rings. The first-order valence-corrected chi connectivity index (χ1v) is 9.77. The van der Waals surface area contributed by atoms with E-state index in [0.29, 0.717) is 23.6 Å². The van der Waals surface area contributed by atoms with Crippen molar-refractivity contribution in [3.63, 3.8) is 0 Å². The first kappa shape index (κ1) is 20.4. The molecular weight excluding hydrogens is 396 g/mol. The summed E-state index contributed by atoms with van der Waals surface area (Å²) in [7, 11) is 1.58. The summed E-state index contributed by atoms with van der Waals surface area (Å²) in [6.07, 6.45) is 3.13. The van der Waals surface area contributed by atoms with E-state index < -0.39 is 5.56 Å². The number of methoxy groups -OCH3 is 1. The van der Waals surface area contributed by atoms with Gasteiger partial charge >= 0.3 is 0 Å². The number of fused-ring (bicyclic) bond motifs is 1. The van der Waals surface area contributed by atoms with Crippen LogP contribution in [0.3, 0.4) is 0 Å². The number of amides is 1. The monoisotopic (exact) mass is 418 g/mol. The van der Waals surface area contributed by atoms with Crippen molar-refractivity contribution < 1.29 is 14.6 Å². The van der Waals surface area contributed by atoms with Crippen molar-refractivity contribution in [2.45, 2.75) is 19.7 Å². The second-order valence-electron chi connectivity index (χ2n) is 7.00. The van der Waals surface area contributed by atoms with Gasteiger partial charge in [0, 0.05) is 30.1 Å². The maximum atomic E-state index is 13.0. The topological polar surface area (TPSA) is 97.9 Å². The first-order chi connectivity index (χ1) is 15.1. The second-order valence-corrected chi connectivity index (χ2v) is 7.00. The van der Waals surface area contributed by atoms with Crippen molar-refractivity contribution in [2.24, 2.45) is 0 Å². The predicted octanol–water partition coefficient (Wildman–Crippen LogP) is 1.98. The van der Waals surface area contributed by atoms with Gasteiger partial charge in [-0.15, -0.1) is 0 Å². The van der Waals surface area contributed by atoms with Crippen molar-refractivity contribution in [3.8, 4) is 17.0 Å². The fourth-order valence-corrected chi connectivity index (χ4v) is 3.45. The number of aromatic nitrogens is 3. The highest BCUT2D eigenvalue weighted by atomic mass is 16.5. The van der Waals surface area contributed by atoms with Crippen molar-refractivity contribution in [1.82, 2.24) is 19.5 Å². The minimum absolute atomic E-state index is 0.143. The number of ether oxygens (including phenoxy) is 1. The molecule has 0 radical (unpaired) electrons. The van der Waals surface area contributed by atoms with Gasteiger partial charge in [-0.25, -0.2) is 4.52 Å². The number of hydrogen-bond acceptors (Lipinski definition) is 5. The second kappa shape index (κ2) is 8.85. The quantitative estimate of drug-likeness (QED) is 0.478. The fraction of sp³-hybridized carbons (Fsp3) is 0.174. The number of hydrogen-bond donors (Lipinski definition) is 2. The van der Waals surface area contributed by atoms with Crippen molar-refractivity contribution >= 4 is 11.4 Å². The Labute approximate surface area is 178 Å². The van der Waals surface area contributed by atoms with E-state index in [1.165, 1.54) is 15.3 Å². The fourth-order valence-electron chi connectivity index (χ4n) is 3.45. The molecule has 0 aliphatic carbocycles. The molecule has 2 N–H and O–H groups in total. The molecule has 2 heterocycles. The molecule has 31 heavy (non-hydrogen) atoms. The Morgan fingerprint density at radius 1 is 1.13 bits per heavy atom. The Morgan fingerprint density at radius 3 is 2.68 bits per heavy atom. The molecule has 158 valence electrons. The summed E-state index contributed by atoms with van der Waals surface area (Å²) in [4.78, 5) is 25.5. The molecule has 0 aliphatic rings. The van der Waals surface area contributed by atoms with Gasteiger partial charge in [-0.2, -0.15) is 5.10 Å². The SMILES string of the molecule is COc1cccc(CNC(=O)Cn2ccn3nc(-c4ccccc4)c(CO)c3c2=O)c1. The molecule has 0 saturated heterocycles. The van der Waals surface area contributed by atoms with Gasteiger partial charge in [0.2, 0.25) is 5.91 Å². The lowest BCUT2D eigenvalue weighted by atomic mass is 10.1. The van der Waals surface area contributed by atoms with E-state index in [1.807, 2.05) is 54.6 Å². The van der Waals surface area contributed by atoms with E-state index in [9.17, 15) is 14.7 Å². The van der Waals surface area contributed by atoms with Crippen LogP contribution in [0.25, 0.3) is 16.8 Å². The van der Waals surface area contributed by atoms with Crippen LogP contribution < -0.4 is 15.6 Å². The van der Waals surface area contributed by atoms with Crippen LogP contribution in [0.1, 0.15) is 11.1 Å². The molecule has 2 aromatic heterocycles. The number of nitrogens with zero attached hydrogens (tertiary/aromatic N) is 3. The molecule has 0 spiro atoms. The molecule has 0 aliphatic heterocycles. The van der Waals surface area contributed by atoms with Gasteiger partial charge in [0.05, 0.1) is 19.4 Å². The van der Waals surface area contributed by atoms with E-state index in [4.69, 9.17) is 4.74 Å². The highest BCUT2D eigenvalue weighted by Crippen LogP contribution is 2.24. The van der Waals surface area contributed by atoms with Gasteiger partial charge in [0.15, 0.2) is 0 Å². The highest BCUT2D eigenvalue weighted by molar-refractivity contribution is 5.76. The summed E-state index contributed by atoms with van der Waals surface area (Å²) in [6.45, 7) is -0.162. The normalized spacial score (nSPS) is 10.9. The number of rotatable bonds is 7. The van der Waals surface area contributed by atoms with E-state index >= 15 is 0 Å². The third-order valence-electron chi connectivity index (χ3n) is 5.00. The van der Waals surface area contributed by atoms with Crippen LogP contribution in [0.5, 0.6) is 5.75 Å². The van der Waals surface area contributed by atoms with Crippen molar-refractivity contribution in [2.75, 3.05) is 7.11 Å². The summed E-state index contributed by atoms with van der Waals surface area (Å²) in [5.41, 5.74) is 2.53. The molecule has 0 unspecified atom stereocenters. The Balaban J connectivity index is 1.57. The van der Waals surface area contributed by atoms with Crippen LogP contribution in [0.2, 0.25) is 0 Å². The zero-order valence-corrected chi connectivity index (χ0v) is 17.0. The van der Waals surface area contributed by atoms with Gasteiger partial charge < -0.3 is 19.7 Å². The average Bonchev–Trinajstić information content (AvgIpc) is 3.20. The van der Waals surface area contributed by atoms with Crippen molar-refractivity contribution in [3.05, 3.63) is 88.5 Å². The van der Waals surface area contributed by atoms with Gasteiger partial charge in [-0.05, 0) is 17.7 Å². The number of carbonyl (C=O) groups excluding carboxylic acids is 1. The largest absolute Gasteiger partial charge is 0.497 e. The Morgan fingerprint density at radius 2 is 1.94 bits per heavy atom. The van der Waals surface area contributed by atoms with Crippen LogP contribution >= 0.6 is 0 Å². The summed E-state index contributed by atoms with van der Waals surface area (Å²) in [5, 5.41) is 17.2. The molecule has 8 heteroatoms. The van der Waals surface area contributed by atoms with Crippen LogP contribution in [0, 0.1) is 0 Å². The lowest BCUT2D eigenvalue weighted by Gasteiger charge is -2.09. The van der Waals surface area contributed by atoms with Gasteiger partial charge in [0.1, 0.15) is 17.8 Å². The van der Waals surface area contributed by atoms with E-state index in [0.717, 1.165) is 11.1 Å². The number of aliphatic hydroxyl groups excluding tert-OH is 1. The third-order valence-corrected chi connectivity index (χ3v) is 5.00. The molecular formula is C23H22N4O4. The number of aliphatic hydroxyl groups is 1. The lowest BCUT2D eigenvalue weighted by Crippen LogP contribution is -2.32. The summed E-state index contributed by atoms with van der Waals surface area (Å²) >= 11 is 0. The van der Waals surface area contributed by atoms with E-state index in [2.05, 4.69) is 10.4 Å². The molecule has 1 amide bonds. The molecule has 4 aromatic rings. The summed E-state index contributed by atoms with van der Waals surface area (Å²) < 4.78 is 7.94. The number of benzene rings is 2. The lowest BCUT2D eigenvalue weighted by molar-refractivity contribution is -0.121. The summed E-state index contributed by atoms with van der Waals surface area (Å²) in [5.74, 6) is 0.405. The predicted molar refractivity (Wildman–Crippen MR) is 116 cm³/mol. The first-order valence-electron chi connectivity index (χ1n) is 9.77. The Kier molecular flexibility index (Phi) is 5.81. The van der Waals surface area contributed by atoms with Crippen LogP contribution in [-0.4, -0.2) is 32.3 Å². The van der Waals surface area contributed by atoms with E-state index in [-0.39, 0.29) is 24.6 Å². The molecule has 0 saturated carbocycles. The van der Waals surface area contributed by atoms with Crippen LogP contribution in [-0.2, 0) is 24.5 Å². The summed E-state index contributed by atoms with van der Waals surface area (Å²) in [6, 6.07) is 16.7. The molecule has 4 rings (SSSR count). The Bertz CT molecular complexity index is 1280. The van der Waals surface area contributed by atoms with Crippen LogP contribution in [0.15, 0.2) is 71.8 Å². The Hall–Kier alpha value is -3.91. The maximum Gasteiger partial charge on any atom is 0.277 e. The van der Waals surface area contributed by atoms with Crippen LogP contribution in [0.4, 0.5) is 0 Å². The maximum absolute atomic E-state index is 13.0. The standard InChI is InChI=1S/C23H22N4O4/c1-31-18-9-5-6-16(12-18)13-24-20(29)14-26-10-11-27-22(23(26)30)19(15-28)21(25-27)17-7-3-2-4-8-17/h2-12,28H,13-15H2,1H3,(H,24,29). The zero-order chi connectivity index (χ0) is 21.8. The van der Waals surface area contributed by atoms with E-state index in [1.54, 1.807) is 13.3 Å². The van der Waals surface area contributed by atoms with Crippen molar-refractivity contribution in [1.29, 1.82) is 0 Å². The number of nitrogens with one attached hydrogen (secondary N) is 1. The zero-order valence-electron chi connectivity index (χ0n) is 17.0. The minimum atomic E-state index is -0.391. The molecule has 0 atom stereocenters. The van der Waals surface area contributed by atoms with Gasteiger partial charge in [0.25, 0.3) is 5.56 Å². The smallest absolute Gasteiger partial charge is 0.277 e. The molecule has 0 bridgehead atoms. The highest BCUT2D eigenvalue weighted by Gasteiger charge is 2.18. The molecule has 8 nitrogen and oxygen atoms in total. The average molecular weight is 418 g/mol. The van der Waals surface area contributed by atoms with Gasteiger partial charge in [-0.1, -0.05) is 42.5 Å². The third kappa shape index (κ3) is 4.19. The number of carbonyl (C=O) groups is 1. The minimum Gasteiger partial charge on any atom is -0.497 e. The molecule has 2 aromatic carbocycles. The van der Waals surface area contributed by atoms with Gasteiger partial charge in [-0.3, -0.25) is 9.59 Å².